The monoisotopic (exact) mass is 350 g/mol. The number of hydrogen-bond acceptors (Lipinski definition) is 3. The fourth-order valence-corrected chi connectivity index (χ4v) is 2.80. The fourth-order valence-electron chi connectivity index (χ4n) is 2.38. The smallest absolute Gasteiger partial charge is 0.172 e. The topological polar surface area (TPSA) is 44.1 Å². The number of ketones is 1. The predicted molar refractivity (Wildman–Crippen MR) is 85.2 cm³/mol. The number of hydrogen-bond donors (Lipinski definition) is 0. The highest BCUT2D eigenvalue weighted by atomic mass is 79.9. The molecule has 0 aliphatic heterocycles. The van der Waals surface area contributed by atoms with E-state index >= 15 is 0 Å². The molecule has 0 radical (unpaired) electrons. The van der Waals surface area contributed by atoms with Gasteiger partial charge in [0.2, 0.25) is 0 Å². The van der Waals surface area contributed by atoms with Gasteiger partial charge in [-0.1, -0.05) is 30.3 Å². The van der Waals surface area contributed by atoms with Crippen LogP contribution in [0, 0.1) is 6.92 Å². The van der Waals surface area contributed by atoms with Crippen LogP contribution in [0.15, 0.2) is 34.8 Å². The number of aryl methyl sites for hydroxylation is 2. The fraction of sp³-hybridized carbons (Fsp3) is 0.375. The second-order valence-electron chi connectivity index (χ2n) is 4.83. The van der Waals surface area contributed by atoms with E-state index in [4.69, 9.17) is 4.74 Å². The molecule has 1 heterocycles. The van der Waals surface area contributed by atoms with Crippen molar-refractivity contribution >= 4 is 21.7 Å². The van der Waals surface area contributed by atoms with Crippen LogP contribution in [0.25, 0.3) is 0 Å². The Balaban J connectivity index is 2.25. The summed E-state index contributed by atoms with van der Waals surface area (Å²) in [6.45, 7) is 4.67. The lowest BCUT2D eigenvalue weighted by Crippen LogP contribution is -2.19. The number of Topliss-reactive ketones (excluding diaryl/α,β-unsaturated/α-hetero) is 1. The van der Waals surface area contributed by atoms with Gasteiger partial charge < -0.3 is 4.74 Å². The van der Waals surface area contributed by atoms with Gasteiger partial charge in [0.05, 0.1) is 22.3 Å². The molecule has 1 atom stereocenters. The van der Waals surface area contributed by atoms with Crippen LogP contribution in [0.5, 0.6) is 0 Å². The van der Waals surface area contributed by atoms with Gasteiger partial charge in [0.1, 0.15) is 6.10 Å². The van der Waals surface area contributed by atoms with Gasteiger partial charge in [0.25, 0.3) is 0 Å². The summed E-state index contributed by atoms with van der Waals surface area (Å²) in [5, 5.41) is 4.42. The van der Waals surface area contributed by atoms with Crippen molar-refractivity contribution in [2.75, 3.05) is 7.11 Å². The van der Waals surface area contributed by atoms with Crippen LogP contribution in [-0.4, -0.2) is 22.7 Å². The van der Waals surface area contributed by atoms with Gasteiger partial charge in [-0.05, 0) is 35.3 Å². The van der Waals surface area contributed by atoms with Gasteiger partial charge in [-0.25, -0.2) is 0 Å². The van der Waals surface area contributed by atoms with E-state index in [-0.39, 0.29) is 5.78 Å². The van der Waals surface area contributed by atoms with Crippen LogP contribution in [0.1, 0.15) is 30.0 Å². The van der Waals surface area contributed by atoms with Gasteiger partial charge in [-0.3, -0.25) is 9.48 Å². The van der Waals surface area contributed by atoms with Gasteiger partial charge in [-0.15, -0.1) is 0 Å². The number of halogens is 1. The molecule has 1 unspecified atom stereocenters. The first kappa shape index (κ1) is 15.9. The Morgan fingerprint density at radius 1 is 1.38 bits per heavy atom. The molecule has 0 fully saturated rings. The lowest BCUT2D eigenvalue weighted by Gasteiger charge is -2.15. The SMILES string of the molecule is CCn1nc(C)c(Br)c1CC(=O)C(OC)c1ccccc1. The summed E-state index contributed by atoms with van der Waals surface area (Å²) in [7, 11) is 1.56. The number of benzene rings is 1. The lowest BCUT2D eigenvalue weighted by molar-refractivity contribution is -0.128. The summed E-state index contributed by atoms with van der Waals surface area (Å²) >= 11 is 3.52. The van der Waals surface area contributed by atoms with E-state index in [0.717, 1.165) is 28.0 Å². The molecule has 2 aromatic rings. The average molecular weight is 351 g/mol. The number of rotatable bonds is 6. The maximum absolute atomic E-state index is 12.6. The van der Waals surface area contributed by atoms with Crippen LogP contribution in [0.4, 0.5) is 0 Å². The van der Waals surface area contributed by atoms with Crippen LogP contribution in [0.3, 0.4) is 0 Å². The summed E-state index contributed by atoms with van der Waals surface area (Å²) in [6.07, 6.45) is -0.249. The molecule has 4 nitrogen and oxygen atoms in total. The maximum atomic E-state index is 12.6. The molecule has 21 heavy (non-hydrogen) atoms. The van der Waals surface area contributed by atoms with E-state index in [2.05, 4.69) is 21.0 Å². The molecule has 0 aliphatic rings. The molecule has 1 aromatic heterocycles. The van der Waals surface area contributed by atoms with Crippen molar-refractivity contribution in [3.63, 3.8) is 0 Å². The highest BCUT2D eigenvalue weighted by molar-refractivity contribution is 9.10. The van der Waals surface area contributed by atoms with Crippen molar-refractivity contribution in [1.82, 2.24) is 9.78 Å². The zero-order valence-corrected chi connectivity index (χ0v) is 14.1. The standard InChI is InChI=1S/C16H19BrN2O2/c1-4-19-13(15(17)11(2)18-19)10-14(20)16(21-3)12-8-6-5-7-9-12/h5-9,16H,4,10H2,1-3H3. The Hall–Kier alpha value is -1.46. The van der Waals surface area contributed by atoms with E-state index in [1.165, 1.54) is 0 Å². The zero-order chi connectivity index (χ0) is 15.4. The normalized spacial score (nSPS) is 12.4. The van der Waals surface area contributed by atoms with E-state index in [1.807, 2.05) is 48.9 Å². The van der Waals surface area contributed by atoms with Gasteiger partial charge in [-0.2, -0.15) is 5.10 Å². The van der Waals surface area contributed by atoms with Gasteiger partial charge in [0, 0.05) is 13.7 Å². The van der Waals surface area contributed by atoms with Crippen molar-refractivity contribution in [3.8, 4) is 0 Å². The molecule has 0 bridgehead atoms. The number of carbonyl (C=O) groups is 1. The molecular formula is C16H19BrN2O2. The highest BCUT2D eigenvalue weighted by Gasteiger charge is 2.23. The second-order valence-corrected chi connectivity index (χ2v) is 5.62. The Labute approximate surface area is 133 Å². The first-order valence-corrected chi connectivity index (χ1v) is 7.70. The predicted octanol–water partition coefficient (Wildman–Crippen LogP) is 3.47. The Kier molecular flexibility index (Phi) is 5.31. The lowest BCUT2D eigenvalue weighted by atomic mass is 10.0. The first-order chi connectivity index (χ1) is 10.1. The molecular weight excluding hydrogens is 332 g/mol. The van der Waals surface area contributed by atoms with Crippen LogP contribution >= 0.6 is 15.9 Å². The molecule has 0 N–H and O–H groups in total. The maximum Gasteiger partial charge on any atom is 0.172 e. The summed E-state index contributed by atoms with van der Waals surface area (Å²) in [6, 6.07) is 9.55. The molecule has 0 aliphatic carbocycles. The third-order valence-corrected chi connectivity index (χ3v) is 4.46. The largest absolute Gasteiger partial charge is 0.369 e. The summed E-state index contributed by atoms with van der Waals surface area (Å²) in [4.78, 5) is 12.6. The highest BCUT2D eigenvalue weighted by Crippen LogP contribution is 2.25. The summed E-state index contributed by atoms with van der Waals surface area (Å²) in [5.41, 5.74) is 2.67. The third-order valence-electron chi connectivity index (χ3n) is 3.42. The molecule has 112 valence electrons. The minimum atomic E-state index is -0.543. The van der Waals surface area contributed by atoms with E-state index in [0.29, 0.717) is 6.42 Å². The van der Waals surface area contributed by atoms with Crippen molar-refractivity contribution in [2.45, 2.75) is 32.9 Å². The Morgan fingerprint density at radius 3 is 2.62 bits per heavy atom. The zero-order valence-electron chi connectivity index (χ0n) is 12.5. The first-order valence-electron chi connectivity index (χ1n) is 6.90. The molecule has 0 spiro atoms. The minimum absolute atomic E-state index is 0.0269. The molecule has 1 aromatic carbocycles. The van der Waals surface area contributed by atoms with Crippen LogP contribution < -0.4 is 0 Å². The molecule has 0 amide bonds. The van der Waals surface area contributed by atoms with Gasteiger partial charge in [0.15, 0.2) is 5.78 Å². The number of nitrogens with zero attached hydrogens (tertiary/aromatic N) is 2. The summed E-state index contributed by atoms with van der Waals surface area (Å²) < 4.78 is 8.16. The Bertz CT molecular complexity index is 623. The molecule has 0 saturated carbocycles. The van der Waals surface area contributed by atoms with E-state index in [9.17, 15) is 4.79 Å². The quantitative estimate of drug-likeness (QED) is 0.801. The molecule has 0 saturated heterocycles. The van der Waals surface area contributed by atoms with Gasteiger partial charge >= 0.3 is 0 Å². The molecule has 2 rings (SSSR count). The molecule has 5 heteroatoms. The van der Waals surface area contributed by atoms with Crippen molar-refractivity contribution in [3.05, 3.63) is 51.8 Å². The summed E-state index contributed by atoms with van der Waals surface area (Å²) in [5.74, 6) is 0.0269. The van der Waals surface area contributed by atoms with E-state index < -0.39 is 6.10 Å². The number of carbonyl (C=O) groups excluding carboxylic acids is 1. The number of ether oxygens (including phenoxy) is 1. The minimum Gasteiger partial charge on any atom is -0.369 e. The van der Waals surface area contributed by atoms with Crippen molar-refractivity contribution < 1.29 is 9.53 Å². The van der Waals surface area contributed by atoms with Crippen molar-refractivity contribution in [1.29, 1.82) is 0 Å². The number of aromatic nitrogens is 2. The third kappa shape index (κ3) is 3.41. The second kappa shape index (κ2) is 7.00. The van der Waals surface area contributed by atoms with Crippen LogP contribution in [-0.2, 0) is 22.5 Å². The Morgan fingerprint density at radius 2 is 2.05 bits per heavy atom. The number of methoxy groups -OCH3 is 1. The van der Waals surface area contributed by atoms with Crippen LogP contribution in [0.2, 0.25) is 0 Å². The average Bonchev–Trinajstić information content (AvgIpc) is 2.77. The van der Waals surface area contributed by atoms with E-state index in [1.54, 1.807) is 7.11 Å². The van der Waals surface area contributed by atoms with Crippen molar-refractivity contribution in [2.24, 2.45) is 0 Å².